The Morgan fingerprint density at radius 3 is 2.63 bits per heavy atom. The van der Waals surface area contributed by atoms with E-state index in [9.17, 15) is 19.7 Å². The van der Waals surface area contributed by atoms with Crippen LogP contribution in [0.25, 0.3) is 11.0 Å². The zero-order chi connectivity index (χ0) is 21.4. The summed E-state index contributed by atoms with van der Waals surface area (Å²) >= 11 is 0. The summed E-state index contributed by atoms with van der Waals surface area (Å²) in [6.45, 7) is 1.15. The Kier molecular flexibility index (Phi) is 5.09. The van der Waals surface area contributed by atoms with E-state index in [0.29, 0.717) is 29.5 Å². The van der Waals surface area contributed by atoms with Crippen molar-refractivity contribution in [2.24, 2.45) is 0 Å². The Hall–Kier alpha value is -3.52. The number of nitrogens with zero attached hydrogens (tertiary/aromatic N) is 3. The third kappa shape index (κ3) is 3.35. The van der Waals surface area contributed by atoms with E-state index in [-0.39, 0.29) is 28.3 Å². The molecule has 1 atom stereocenters. The second-order valence-corrected chi connectivity index (χ2v) is 7.58. The van der Waals surface area contributed by atoms with E-state index in [4.69, 9.17) is 4.42 Å². The molecule has 0 saturated carbocycles. The number of hydrogen-bond acceptors (Lipinski definition) is 6. The van der Waals surface area contributed by atoms with Crippen molar-refractivity contribution in [1.82, 2.24) is 9.80 Å². The van der Waals surface area contributed by atoms with Gasteiger partial charge in [-0.2, -0.15) is 0 Å². The van der Waals surface area contributed by atoms with Crippen molar-refractivity contribution in [1.29, 1.82) is 0 Å². The number of amides is 1. The summed E-state index contributed by atoms with van der Waals surface area (Å²) in [7, 11) is 3.88. The van der Waals surface area contributed by atoms with E-state index in [1.165, 1.54) is 12.1 Å². The highest BCUT2D eigenvalue weighted by Crippen LogP contribution is 2.39. The largest absolute Gasteiger partial charge is 0.450 e. The summed E-state index contributed by atoms with van der Waals surface area (Å²) in [6.07, 6.45) is 0.686. The molecule has 0 fully saturated rings. The maximum absolute atomic E-state index is 13.3. The molecular weight excluding hydrogens is 386 g/mol. The molecule has 4 rings (SSSR count). The maximum Gasteiger partial charge on any atom is 0.290 e. The van der Waals surface area contributed by atoms with Crippen LogP contribution in [0.15, 0.2) is 57.7 Å². The molecule has 0 spiro atoms. The van der Waals surface area contributed by atoms with Crippen LogP contribution in [-0.2, 0) is 0 Å². The highest BCUT2D eigenvalue weighted by Gasteiger charge is 2.42. The van der Waals surface area contributed by atoms with E-state index >= 15 is 0 Å². The van der Waals surface area contributed by atoms with Crippen LogP contribution < -0.4 is 5.43 Å². The zero-order valence-electron chi connectivity index (χ0n) is 16.7. The fraction of sp³-hybridized carbons (Fsp3) is 0.273. The van der Waals surface area contributed by atoms with E-state index in [0.717, 1.165) is 6.54 Å². The fourth-order valence-corrected chi connectivity index (χ4v) is 3.91. The molecule has 1 unspecified atom stereocenters. The molecule has 0 radical (unpaired) electrons. The molecule has 3 aromatic rings. The smallest absolute Gasteiger partial charge is 0.290 e. The topological polar surface area (TPSA) is 96.9 Å². The van der Waals surface area contributed by atoms with E-state index in [2.05, 4.69) is 0 Å². The summed E-state index contributed by atoms with van der Waals surface area (Å²) < 4.78 is 5.85. The summed E-state index contributed by atoms with van der Waals surface area (Å²) in [6, 6.07) is 12.1. The van der Waals surface area contributed by atoms with Crippen molar-refractivity contribution in [3.63, 3.8) is 0 Å². The maximum atomic E-state index is 13.3. The highest BCUT2D eigenvalue weighted by atomic mass is 16.6. The van der Waals surface area contributed by atoms with E-state index in [1.807, 2.05) is 19.0 Å². The number of carbonyl (C=O) groups is 1. The first-order valence-electron chi connectivity index (χ1n) is 9.64. The average molecular weight is 407 g/mol. The fourth-order valence-electron chi connectivity index (χ4n) is 3.91. The van der Waals surface area contributed by atoms with Crippen LogP contribution in [-0.4, -0.2) is 47.8 Å². The van der Waals surface area contributed by atoms with Gasteiger partial charge in [-0.25, -0.2) is 0 Å². The predicted molar refractivity (Wildman–Crippen MR) is 112 cm³/mol. The van der Waals surface area contributed by atoms with Crippen molar-refractivity contribution in [3.05, 3.63) is 85.8 Å². The molecule has 1 aliphatic heterocycles. The minimum atomic E-state index is -0.726. The van der Waals surface area contributed by atoms with Gasteiger partial charge >= 0.3 is 0 Å². The third-order valence-electron chi connectivity index (χ3n) is 5.27. The minimum absolute atomic E-state index is 0.0139. The van der Waals surface area contributed by atoms with Gasteiger partial charge < -0.3 is 14.2 Å². The lowest BCUT2D eigenvalue weighted by molar-refractivity contribution is -0.384. The van der Waals surface area contributed by atoms with Crippen LogP contribution in [0, 0.1) is 10.1 Å². The van der Waals surface area contributed by atoms with Crippen molar-refractivity contribution in [2.75, 3.05) is 27.2 Å². The lowest BCUT2D eigenvalue weighted by Gasteiger charge is -2.25. The molecule has 8 nitrogen and oxygen atoms in total. The molecule has 2 heterocycles. The van der Waals surface area contributed by atoms with E-state index in [1.54, 1.807) is 41.3 Å². The molecule has 2 aromatic carbocycles. The van der Waals surface area contributed by atoms with Crippen molar-refractivity contribution < 1.29 is 14.1 Å². The molecule has 0 saturated heterocycles. The van der Waals surface area contributed by atoms with Crippen LogP contribution in [0.3, 0.4) is 0 Å². The van der Waals surface area contributed by atoms with Crippen LogP contribution in [0.1, 0.15) is 34.1 Å². The predicted octanol–water partition coefficient (Wildman–Crippen LogP) is 3.20. The van der Waals surface area contributed by atoms with Gasteiger partial charge in [0.25, 0.3) is 11.6 Å². The average Bonchev–Trinajstić information content (AvgIpc) is 3.00. The van der Waals surface area contributed by atoms with Gasteiger partial charge in [-0.1, -0.05) is 24.3 Å². The standard InChI is InChI=1S/C22H21N3O5/c1-23(2)11-6-12-24-19(14-7-5-8-15(13-14)25(28)29)18-20(26)16-9-3-4-10-17(16)30-21(18)22(24)27/h3-5,7-10,13,19H,6,11-12H2,1-2H3. The Morgan fingerprint density at radius 1 is 1.13 bits per heavy atom. The Morgan fingerprint density at radius 2 is 1.90 bits per heavy atom. The number of non-ortho nitro benzene ring substituents is 1. The van der Waals surface area contributed by atoms with Crippen LogP contribution in [0.5, 0.6) is 0 Å². The molecule has 1 amide bonds. The first-order chi connectivity index (χ1) is 14.4. The number of nitro groups is 1. The summed E-state index contributed by atoms with van der Waals surface area (Å²) in [4.78, 5) is 40.9. The number of hydrogen-bond donors (Lipinski definition) is 0. The Labute approximate surface area is 172 Å². The van der Waals surface area contributed by atoms with Gasteiger partial charge in [0, 0.05) is 18.7 Å². The Balaban J connectivity index is 1.89. The number of nitro benzene ring substituents is 1. The first-order valence-corrected chi connectivity index (χ1v) is 9.64. The number of carbonyl (C=O) groups excluding carboxylic acids is 1. The van der Waals surface area contributed by atoms with Crippen LogP contribution >= 0.6 is 0 Å². The molecule has 0 bridgehead atoms. The summed E-state index contributed by atoms with van der Waals surface area (Å²) in [5.74, 6) is -0.358. The quantitative estimate of drug-likeness (QED) is 0.460. The summed E-state index contributed by atoms with van der Waals surface area (Å²) in [5.41, 5.74) is 0.731. The minimum Gasteiger partial charge on any atom is -0.450 e. The summed E-state index contributed by atoms with van der Waals surface area (Å²) in [5, 5.41) is 11.7. The number of benzene rings is 2. The van der Waals surface area contributed by atoms with Gasteiger partial charge in [0.1, 0.15) is 5.58 Å². The van der Waals surface area contributed by atoms with Crippen molar-refractivity contribution in [3.8, 4) is 0 Å². The number of rotatable bonds is 6. The number of fused-ring (bicyclic) bond motifs is 2. The highest BCUT2D eigenvalue weighted by molar-refractivity contribution is 5.99. The lowest BCUT2D eigenvalue weighted by atomic mass is 9.98. The molecule has 1 aromatic heterocycles. The molecule has 0 aliphatic carbocycles. The normalized spacial score (nSPS) is 15.8. The molecule has 0 N–H and O–H groups in total. The van der Waals surface area contributed by atoms with Gasteiger partial charge in [0.05, 0.1) is 21.9 Å². The van der Waals surface area contributed by atoms with Crippen LogP contribution in [0.2, 0.25) is 0 Å². The zero-order valence-corrected chi connectivity index (χ0v) is 16.7. The second kappa shape index (κ2) is 7.72. The van der Waals surface area contributed by atoms with Gasteiger partial charge in [-0.15, -0.1) is 0 Å². The van der Waals surface area contributed by atoms with Crippen molar-refractivity contribution in [2.45, 2.75) is 12.5 Å². The monoisotopic (exact) mass is 407 g/mol. The molecule has 154 valence electrons. The second-order valence-electron chi connectivity index (χ2n) is 7.58. The van der Waals surface area contributed by atoms with Gasteiger partial charge in [0.15, 0.2) is 5.43 Å². The molecule has 1 aliphatic rings. The SMILES string of the molecule is CN(C)CCCN1C(=O)c2oc3ccccc3c(=O)c2C1c1cccc([N+](=O)[O-])c1. The van der Waals surface area contributed by atoms with Gasteiger partial charge in [-0.05, 0) is 44.8 Å². The molecule has 30 heavy (non-hydrogen) atoms. The first kappa shape index (κ1) is 19.8. The van der Waals surface area contributed by atoms with Gasteiger partial charge in [0.2, 0.25) is 5.76 Å². The lowest BCUT2D eigenvalue weighted by Crippen LogP contribution is -2.32. The van der Waals surface area contributed by atoms with E-state index < -0.39 is 11.0 Å². The van der Waals surface area contributed by atoms with Crippen LogP contribution in [0.4, 0.5) is 5.69 Å². The van der Waals surface area contributed by atoms with Gasteiger partial charge in [-0.3, -0.25) is 19.7 Å². The number of para-hydroxylation sites is 1. The third-order valence-corrected chi connectivity index (χ3v) is 5.27. The van der Waals surface area contributed by atoms with Crippen molar-refractivity contribution >= 4 is 22.6 Å². The molecule has 8 heteroatoms. The Bertz CT molecular complexity index is 1200. The molecular formula is C22H21N3O5.